The van der Waals surface area contributed by atoms with Gasteiger partial charge in [-0.1, -0.05) is 0 Å². The number of nitrogens with two attached hydrogens (primary N) is 3. The molecule has 7 rings (SSSR count). The van der Waals surface area contributed by atoms with Crippen LogP contribution in [-0.2, 0) is 125 Å². The van der Waals surface area contributed by atoms with Gasteiger partial charge in [-0.25, -0.2) is 27.6 Å². The van der Waals surface area contributed by atoms with E-state index < -0.39 is 370 Å². The molecular weight excluding hydrogens is 1730 g/mol. The molecule has 0 aromatic rings. The van der Waals surface area contributed by atoms with Crippen LogP contribution in [0.2, 0.25) is 0 Å². The van der Waals surface area contributed by atoms with Crippen molar-refractivity contribution in [1.82, 2.24) is 0 Å². The lowest BCUT2D eigenvalue weighted by Gasteiger charge is -2.53. The average Bonchev–Trinajstić information content (AvgIpc) is 0.786. The topological polar surface area (TPSA) is 961 Å². The number of hydrogen-bond acceptors (Lipinski definition) is 52. The summed E-state index contributed by atoms with van der Waals surface area (Å²) in [5.41, 5.74) is 16.2. The van der Waals surface area contributed by atoms with Gasteiger partial charge in [-0.15, -0.1) is 0 Å². The Hall–Kier alpha value is -1.46. The normalized spacial score (nSPS) is 43.1. The van der Waals surface area contributed by atoms with Gasteiger partial charge in [0, 0.05) is 26.1 Å². The first-order valence-electron chi connectivity index (χ1n) is 34.7. The van der Waals surface area contributed by atoms with Crippen molar-refractivity contribution in [3.63, 3.8) is 0 Å². The Labute approximate surface area is 657 Å². The van der Waals surface area contributed by atoms with E-state index in [1.807, 2.05) is 0 Å². The third kappa shape index (κ3) is 25.9. The Morgan fingerprint density at radius 1 is 0.393 bits per heavy atom. The molecule has 4 unspecified atom stereocenters. The number of phosphoric acid groups is 5. The van der Waals surface area contributed by atoms with E-state index in [9.17, 15) is 174 Å². The molecule has 35 N–H and O–H groups in total. The molecular formula is C53H100N3O56P5. The minimum Gasteiger partial charge on any atom is -0.477 e. The molecule has 7 aliphatic rings. The molecule has 64 heteroatoms. The highest BCUT2D eigenvalue weighted by Gasteiger charge is 2.64. The number of hydrogen-bond donors (Lipinski definition) is 32. The Kier molecular flexibility index (Phi) is 38.4. The first-order chi connectivity index (χ1) is 54.6. The lowest BCUT2D eigenvalue weighted by Crippen LogP contribution is -2.71. The predicted molar refractivity (Wildman–Crippen MR) is 354 cm³/mol. The minimum atomic E-state index is -6.40. The van der Waals surface area contributed by atoms with Crippen LogP contribution in [0.1, 0.15) is 6.42 Å². The van der Waals surface area contributed by atoms with Crippen molar-refractivity contribution in [2.75, 3.05) is 85.7 Å². The Bertz CT molecular complexity index is 3320. The van der Waals surface area contributed by atoms with Crippen molar-refractivity contribution >= 4 is 45.1 Å². The molecule has 0 spiro atoms. The number of carboxylic acids is 1. The summed E-state index contributed by atoms with van der Waals surface area (Å²) in [7, 11) is -29.1. The molecule has 688 valence electrons. The number of aliphatic hydroxyl groups is 22. The number of ether oxygens (including phenoxy) is 13. The van der Waals surface area contributed by atoms with Crippen LogP contribution in [0.15, 0.2) is 0 Å². The molecule has 117 heavy (non-hydrogen) atoms. The van der Waals surface area contributed by atoms with Gasteiger partial charge in [-0.05, 0) is 0 Å². The molecule has 7 fully saturated rings. The lowest BCUT2D eigenvalue weighted by atomic mass is 9.91. The summed E-state index contributed by atoms with van der Waals surface area (Å²) in [6, 6.07) is 0. The van der Waals surface area contributed by atoms with Crippen LogP contribution in [0.3, 0.4) is 0 Å². The predicted octanol–water partition coefficient (Wildman–Crippen LogP) is -17.8. The summed E-state index contributed by atoms with van der Waals surface area (Å²) >= 11 is 0. The Balaban J connectivity index is 1.45. The maximum atomic E-state index is 13.7. The van der Waals surface area contributed by atoms with Crippen molar-refractivity contribution in [3.8, 4) is 0 Å². The fourth-order valence-electron chi connectivity index (χ4n) is 12.7. The van der Waals surface area contributed by atoms with Gasteiger partial charge in [0.1, 0.15) is 189 Å². The zero-order chi connectivity index (χ0) is 87.7. The molecule has 0 aromatic carbocycles. The maximum absolute atomic E-state index is 13.7. The summed E-state index contributed by atoms with van der Waals surface area (Å²) < 4.78 is 179. The molecule has 0 aliphatic carbocycles. The number of carboxylic acid groups (broad SMARTS) is 1. The molecule has 7 heterocycles. The van der Waals surface area contributed by atoms with Gasteiger partial charge in [0.25, 0.3) is 5.79 Å². The van der Waals surface area contributed by atoms with Crippen LogP contribution in [0.4, 0.5) is 0 Å². The third-order valence-electron chi connectivity index (χ3n) is 18.4. The van der Waals surface area contributed by atoms with Crippen molar-refractivity contribution in [1.29, 1.82) is 0 Å². The highest BCUT2D eigenvalue weighted by atomic mass is 31.3. The van der Waals surface area contributed by atoms with E-state index in [1.54, 1.807) is 0 Å². The largest absolute Gasteiger partial charge is 0.481 e. The van der Waals surface area contributed by atoms with Crippen molar-refractivity contribution in [3.05, 3.63) is 0 Å². The van der Waals surface area contributed by atoms with Gasteiger partial charge < -0.3 is 226 Å². The third-order valence-corrected chi connectivity index (χ3v) is 23.6. The summed E-state index contributed by atoms with van der Waals surface area (Å²) in [5, 5.41) is 258. The lowest BCUT2D eigenvalue weighted by molar-refractivity contribution is -0.420. The van der Waals surface area contributed by atoms with Gasteiger partial charge in [-0.2, -0.15) is 4.31 Å². The van der Waals surface area contributed by atoms with E-state index in [0.29, 0.717) is 0 Å². The summed E-state index contributed by atoms with van der Waals surface area (Å²) in [6.45, 7) is -14.5. The first kappa shape index (κ1) is 103. The van der Waals surface area contributed by atoms with Crippen LogP contribution >= 0.6 is 39.1 Å². The summed E-state index contributed by atoms with van der Waals surface area (Å²) in [4.78, 5) is 74.9. The van der Waals surface area contributed by atoms with Gasteiger partial charge in [0.05, 0.1) is 66.1 Å². The monoisotopic (exact) mass is 1830 g/mol. The minimum absolute atomic E-state index is 0.531. The molecule has 59 nitrogen and oxygen atoms in total. The number of rotatable bonds is 43. The van der Waals surface area contributed by atoms with Crippen molar-refractivity contribution in [2.24, 2.45) is 17.2 Å². The smallest absolute Gasteiger partial charge is 0.477 e. The van der Waals surface area contributed by atoms with E-state index in [0.717, 1.165) is 0 Å². The zero-order valence-corrected chi connectivity index (χ0v) is 64.7. The fourth-order valence-corrected chi connectivity index (χ4v) is 17.2. The van der Waals surface area contributed by atoms with E-state index in [4.69, 9.17) is 101 Å². The second-order valence-corrected chi connectivity index (χ2v) is 33.7. The number of aliphatic hydroxyl groups excluding tert-OH is 21. The SMILES string of the molecule is NCCOP(=O)(O)O[C@H]1[C@H](O)[C@H](O[C@@H]2O[C@H](CO)[C@@H](O[C@@H]3O[C@H](CO)[C@H](O)[C@H](O)[C@H]3O)[C@H](O)[C@H]2O)[C@@H](O[C@@H]2[C@@H](O[C@@H]3[C@H](O)[C@@H](O[C@H]4[C@@H]([C@H](O)CO)O[C@@](O)(C(=O)O)C[C@H]4OP(=O)(O)OP(=O)(O)OCCN)O[C@H]([C@@H](O)CO)[C@H]3O[C@@H]3O[C@H](COP(=O)(O)O)[C@@H](O)[C@H](O)[C@H]3O)O[C@H]([C@H](CO)OP(=O)(O)OCCN)[C@@H](O)[C@@H]2O)O[C@@H]1[C@@H](O)CO. The van der Waals surface area contributed by atoms with Crippen LogP contribution in [0.5, 0.6) is 0 Å². The Morgan fingerprint density at radius 2 is 0.803 bits per heavy atom. The van der Waals surface area contributed by atoms with Gasteiger partial charge in [-0.3, -0.25) is 31.7 Å². The fraction of sp³-hybridized carbons (Fsp3) is 0.981. The molecule has 0 amide bonds. The second kappa shape index (κ2) is 43.8. The standard InChI is InChI=1S/C53H100N3O56P5/c54-1-4-92-114(84,85)110-21(13-62)39-27(70)28(71)43(106-51-44(33(76)42(35(100-51)15(63)8-57)111-115(86,87)93-5-2-55)105-48-32(75)29(72)38(20(12-61)97-48)101-46-30(73)25(68)23(66)19(11-60)96-46)50(102-39)104-41-34(77)49(99-36(16(64)9-58)45(41)107-47-31(74)26(69)24(67)22(98-47)14-95-113(81,82)83)103-40-18(109-117(90,91)112-116(88,89)94-6-3-56)7-53(80,52(78)79)108-37(40)17(65)10-59/h15-51,57-77,80H,1-14,54-56H2,(H,78,79)(H,84,85)(H,86,87)(H,88,89)(H,90,91)(H2,81,82,83)/t15-,16-,17+,18+,19+,20+,21-,22+,23-,24+,25-,26-,27-,28-,29+,30+,31+,32+,33-,34-,35+,36+,37+,38+,39+,40+,41+,42-,43-,44-,45+,46-,47-,48-,49+,50+,51+,53+/m0/s1. The Morgan fingerprint density at radius 3 is 1.32 bits per heavy atom. The molecule has 0 saturated carbocycles. The molecule has 7 saturated heterocycles. The molecule has 0 radical (unpaired) electrons. The molecule has 0 aromatic heterocycles. The average molecular weight is 1830 g/mol. The van der Waals surface area contributed by atoms with Crippen LogP contribution in [-0.4, -0.2) is 471 Å². The van der Waals surface area contributed by atoms with Gasteiger partial charge in [0.2, 0.25) is 0 Å². The highest BCUT2D eigenvalue weighted by Crippen LogP contribution is 2.62. The molecule has 0 bridgehead atoms. The van der Waals surface area contributed by atoms with E-state index in [-0.39, 0.29) is 0 Å². The summed E-state index contributed by atoms with van der Waals surface area (Å²) in [5.74, 6) is -6.25. The first-order valence-corrected chi connectivity index (χ1v) is 42.2. The zero-order valence-electron chi connectivity index (χ0n) is 60.2. The van der Waals surface area contributed by atoms with Crippen molar-refractivity contribution in [2.45, 2.75) is 239 Å². The number of aliphatic carboxylic acids is 1. The highest BCUT2D eigenvalue weighted by molar-refractivity contribution is 7.61. The van der Waals surface area contributed by atoms with Crippen LogP contribution < -0.4 is 17.2 Å². The van der Waals surface area contributed by atoms with Gasteiger partial charge in [0.15, 0.2) is 37.7 Å². The van der Waals surface area contributed by atoms with Gasteiger partial charge >= 0.3 is 45.1 Å². The second-order valence-electron chi connectivity index (χ2n) is 26.7. The number of carbonyl (C=O) groups is 1. The van der Waals surface area contributed by atoms with Crippen LogP contribution in [0, 0.1) is 0 Å². The molecule has 7 aliphatic heterocycles. The quantitative estimate of drug-likeness (QED) is 0.0252. The van der Waals surface area contributed by atoms with Crippen molar-refractivity contribution < 1.29 is 272 Å². The van der Waals surface area contributed by atoms with E-state index >= 15 is 0 Å². The van der Waals surface area contributed by atoms with E-state index in [2.05, 4.69) is 13.4 Å². The summed E-state index contributed by atoms with van der Waals surface area (Å²) in [6.07, 6.45) is -99.9. The number of phosphoric ester groups is 5. The van der Waals surface area contributed by atoms with E-state index in [1.165, 1.54) is 0 Å². The maximum Gasteiger partial charge on any atom is 0.481 e. The molecule has 42 atom stereocenters. The van der Waals surface area contributed by atoms with Crippen LogP contribution in [0.25, 0.3) is 0 Å².